The van der Waals surface area contributed by atoms with Crippen LogP contribution in [0.3, 0.4) is 0 Å². The molecule has 1 heterocycles. The van der Waals surface area contributed by atoms with Crippen LogP contribution in [0.1, 0.15) is 31.1 Å². The molecule has 0 spiro atoms. The molecule has 0 amide bonds. The molecule has 2 rings (SSSR count). The molecule has 2 nitrogen and oxygen atoms in total. The zero-order valence-corrected chi connectivity index (χ0v) is 10.4. The monoisotopic (exact) mass is 232 g/mol. The van der Waals surface area contributed by atoms with Gasteiger partial charge in [-0.2, -0.15) is 0 Å². The number of nitrogens with one attached hydrogen (secondary N) is 1. The van der Waals surface area contributed by atoms with Crippen LogP contribution in [0.2, 0.25) is 0 Å². The molecular weight excluding hydrogens is 216 g/mol. The number of hydrogen-bond donors (Lipinski definition) is 1. The maximum Gasteiger partial charge on any atom is 0.0795 e. The van der Waals surface area contributed by atoms with Crippen molar-refractivity contribution in [3.63, 3.8) is 0 Å². The van der Waals surface area contributed by atoms with Gasteiger partial charge < -0.3 is 5.32 Å². The lowest BCUT2D eigenvalue weighted by Gasteiger charge is -2.13. The molecule has 0 aliphatic carbocycles. The summed E-state index contributed by atoms with van der Waals surface area (Å²) in [5.74, 6) is 0. The standard InChI is InChI=1S/C13H16N2S/c1-3-11-4-6-12(7-5-11)15-10(2)13-8-16-9-14-13/h4-10,15H,3H2,1-2H3. The molecule has 16 heavy (non-hydrogen) atoms. The lowest BCUT2D eigenvalue weighted by molar-refractivity contribution is 0.850. The van der Waals surface area contributed by atoms with Crippen molar-refractivity contribution in [2.75, 3.05) is 5.32 Å². The van der Waals surface area contributed by atoms with Crippen LogP contribution in [0.5, 0.6) is 0 Å². The Bertz CT molecular complexity index is 420. The van der Waals surface area contributed by atoms with E-state index in [2.05, 4.69) is 53.8 Å². The Morgan fingerprint density at radius 3 is 2.62 bits per heavy atom. The van der Waals surface area contributed by atoms with Gasteiger partial charge in [0.05, 0.1) is 17.2 Å². The van der Waals surface area contributed by atoms with Crippen molar-refractivity contribution in [2.24, 2.45) is 0 Å². The Kier molecular flexibility index (Phi) is 3.57. The molecule has 1 aromatic heterocycles. The second-order valence-corrected chi connectivity index (χ2v) is 4.55. The number of thiazole rings is 1. The van der Waals surface area contributed by atoms with E-state index in [-0.39, 0.29) is 6.04 Å². The summed E-state index contributed by atoms with van der Waals surface area (Å²) in [6.45, 7) is 4.29. The average Bonchev–Trinajstić information content (AvgIpc) is 2.83. The SMILES string of the molecule is CCc1ccc(NC(C)c2cscn2)cc1. The number of benzene rings is 1. The number of aromatic nitrogens is 1. The second-order valence-electron chi connectivity index (χ2n) is 3.83. The Morgan fingerprint density at radius 1 is 1.31 bits per heavy atom. The smallest absolute Gasteiger partial charge is 0.0795 e. The molecule has 1 N–H and O–H groups in total. The lowest BCUT2D eigenvalue weighted by atomic mass is 10.1. The van der Waals surface area contributed by atoms with Crippen LogP contribution in [0, 0.1) is 0 Å². The van der Waals surface area contributed by atoms with Crippen molar-refractivity contribution in [3.05, 3.63) is 46.4 Å². The molecular formula is C13H16N2S. The van der Waals surface area contributed by atoms with Crippen LogP contribution in [0.15, 0.2) is 35.2 Å². The number of aryl methyl sites for hydroxylation is 1. The molecule has 0 saturated heterocycles. The normalized spacial score (nSPS) is 12.4. The maximum absolute atomic E-state index is 4.30. The van der Waals surface area contributed by atoms with E-state index in [4.69, 9.17) is 0 Å². The van der Waals surface area contributed by atoms with Crippen molar-refractivity contribution in [1.82, 2.24) is 4.98 Å². The molecule has 0 radical (unpaired) electrons. The van der Waals surface area contributed by atoms with Crippen molar-refractivity contribution in [2.45, 2.75) is 26.3 Å². The third-order valence-electron chi connectivity index (χ3n) is 2.64. The average molecular weight is 232 g/mol. The van der Waals surface area contributed by atoms with Crippen LogP contribution in [0.25, 0.3) is 0 Å². The molecule has 0 fully saturated rings. The third-order valence-corrected chi connectivity index (χ3v) is 3.25. The highest BCUT2D eigenvalue weighted by molar-refractivity contribution is 7.07. The first-order chi connectivity index (χ1) is 7.79. The van der Waals surface area contributed by atoms with Crippen molar-refractivity contribution in [3.8, 4) is 0 Å². The van der Waals surface area contributed by atoms with E-state index in [1.165, 1.54) is 5.56 Å². The summed E-state index contributed by atoms with van der Waals surface area (Å²) < 4.78 is 0. The van der Waals surface area contributed by atoms with Gasteiger partial charge in [0.1, 0.15) is 0 Å². The van der Waals surface area contributed by atoms with Crippen LogP contribution < -0.4 is 5.32 Å². The number of hydrogen-bond acceptors (Lipinski definition) is 3. The van der Waals surface area contributed by atoms with E-state index in [1.54, 1.807) is 11.3 Å². The fourth-order valence-corrected chi connectivity index (χ4v) is 2.24. The van der Waals surface area contributed by atoms with Gasteiger partial charge in [0.25, 0.3) is 0 Å². The number of rotatable bonds is 4. The molecule has 0 aliphatic heterocycles. The summed E-state index contributed by atoms with van der Waals surface area (Å²) in [6.07, 6.45) is 1.09. The van der Waals surface area contributed by atoms with E-state index in [9.17, 15) is 0 Å². The summed E-state index contributed by atoms with van der Waals surface area (Å²) in [4.78, 5) is 4.30. The Hall–Kier alpha value is -1.35. The first-order valence-corrected chi connectivity index (χ1v) is 6.47. The van der Waals surface area contributed by atoms with Gasteiger partial charge in [-0.05, 0) is 31.0 Å². The maximum atomic E-state index is 4.30. The van der Waals surface area contributed by atoms with Crippen LogP contribution in [-0.4, -0.2) is 4.98 Å². The predicted octanol–water partition coefficient (Wildman–Crippen LogP) is 3.88. The Morgan fingerprint density at radius 2 is 2.06 bits per heavy atom. The van der Waals surface area contributed by atoms with Crippen molar-refractivity contribution >= 4 is 17.0 Å². The van der Waals surface area contributed by atoms with Crippen molar-refractivity contribution in [1.29, 1.82) is 0 Å². The molecule has 3 heteroatoms. The minimum atomic E-state index is 0.263. The molecule has 0 bridgehead atoms. The summed E-state index contributed by atoms with van der Waals surface area (Å²) in [6, 6.07) is 8.84. The largest absolute Gasteiger partial charge is 0.377 e. The third kappa shape index (κ3) is 2.61. The van der Waals surface area contributed by atoms with E-state index >= 15 is 0 Å². The van der Waals surface area contributed by atoms with Crippen LogP contribution in [-0.2, 0) is 6.42 Å². The predicted molar refractivity (Wildman–Crippen MR) is 70.0 cm³/mol. The van der Waals surface area contributed by atoms with Gasteiger partial charge >= 0.3 is 0 Å². The molecule has 84 valence electrons. The summed E-state index contributed by atoms with van der Waals surface area (Å²) in [5, 5.41) is 5.52. The van der Waals surface area contributed by atoms with Crippen LogP contribution >= 0.6 is 11.3 Å². The number of nitrogens with zero attached hydrogens (tertiary/aromatic N) is 1. The topological polar surface area (TPSA) is 24.9 Å². The van der Waals surface area contributed by atoms with E-state index < -0.39 is 0 Å². The molecule has 2 aromatic rings. The molecule has 0 saturated carbocycles. The van der Waals surface area contributed by atoms with Gasteiger partial charge in [0.2, 0.25) is 0 Å². The molecule has 1 atom stereocenters. The van der Waals surface area contributed by atoms with Gasteiger partial charge in [0.15, 0.2) is 0 Å². The van der Waals surface area contributed by atoms with Gasteiger partial charge in [-0.1, -0.05) is 19.1 Å². The highest BCUT2D eigenvalue weighted by atomic mass is 32.1. The summed E-state index contributed by atoms with van der Waals surface area (Å²) >= 11 is 1.63. The zero-order chi connectivity index (χ0) is 11.4. The Labute approximate surface area is 100 Å². The lowest BCUT2D eigenvalue weighted by Crippen LogP contribution is -2.06. The fraction of sp³-hybridized carbons (Fsp3) is 0.308. The summed E-state index contributed by atoms with van der Waals surface area (Å²) in [5.41, 5.74) is 5.49. The van der Waals surface area contributed by atoms with Crippen molar-refractivity contribution < 1.29 is 0 Å². The van der Waals surface area contributed by atoms with Gasteiger partial charge in [-0.3, -0.25) is 0 Å². The minimum Gasteiger partial charge on any atom is -0.377 e. The summed E-state index contributed by atoms with van der Waals surface area (Å²) in [7, 11) is 0. The van der Waals surface area contributed by atoms with E-state index in [1.807, 2.05) is 5.51 Å². The first kappa shape index (κ1) is 11.1. The second kappa shape index (κ2) is 5.12. The molecule has 1 unspecified atom stereocenters. The quantitative estimate of drug-likeness (QED) is 0.865. The van der Waals surface area contributed by atoms with Crippen LogP contribution in [0.4, 0.5) is 5.69 Å². The highest BCUT2D eigenvalue weighted by Gasteiger charge is 2.06. The van der Waals surface area contributed by atoms with Gasteiger partial charge in [-0.25, -0.2) is 4.98 Å². The molecule has 0 aliphatic rings. The highest BCUT2D eigenvalue weighted by Crippen LogP contribution is 2.19. The van der Waals surface area contributed by atoms with Gasteiger partial charge in [0, 0.05) is 11.1 Å². The Balaban J connectivity index is 2.03. The van der Waals surface area contributed by atoms with E-state index in [0.29, 0.717) is 0 Å². The van der Waals surface area contributed by atoms with E-state index in [0.717, 1.165) is 17.8 Å². The molecule has 1 aromatic carbocycles. The minimum absolute atomic E-state index is 0.263. The van der Waals surface area contributed by atoms with Gasteiger partial charge in [-0.15, -0.1) is 11.3 Å². The zero-order valence-electron chi connectivity index (χ0n) is 9.60. The first-order valence-electron chi connectivity index (χ1n) is 5.53. The fourth-order valence-electron chi connectivity index (χ4n) is 1.60. The number of anilines is 1.